The average Bonchev–Trinajstić information content (AvgIpc) is 2.46. The topological polar surface area (TPSA) is 87.2 Å². The minimum absolute atomic E-state index is 0.0480. The van der Waals surface area contributed by atoms with E-state index in [9.17, 15) is 0 Å². The first-order chi connectivity index (χ1) is 9.31. The van der Waals surface area contributed by atoms with Gasteiger partial charge >= 0.3 is 0 Å². The maximum atomic E-state index is 8.79. The molecule has 2 aliphatic rings. The molecule has 0 aromatic carbocycles. The van der Waals surface area contributed by atoms with Gasteiger partial charge in [-0.05, 0) is 24.3 Å². The minimum atomic E-state index is -0.0582. The summed E-state index contributed by atoms with van der Waals surface area (Å²) in [4.78, 5) is 5.34. The molecule has 19 heavy (non-hydrogen) atoms. The molecule has 1 aliphatic carbocycles. The van der Waals surface area contributed by atoms with Crippen LogP contribution >= 0.6 is 0 Å². The molecule has 108 valence electrons. The third-order valence-electron chi connectivity index (χ3n) is 4.33. The van der Waals surface area contributed by atoms with Crippen molar-refractivity contribution in [3.05, 3.63) is 10.4 Å². The first-order valence-corrected chi connectivity index (χ1v) is 7.41. The van der Waals surface area contributed by atoms with Gasteiger partial charge in [-0.25, -0.2) is 0 Å². The molecule has 2 fully saturated rings. The maximum absolute atomic E-state index is 8.79. The van der Waals surface area contributed by atoms with Gasteiger partial charge in [0.1, 0.15) is 0 Å². The zero-order chi connectivity index (χ0) is 13.5. The van der Waals surface area contributed by atoms with Crippen molar-refractivity contribution < 1.29 is 4.74 Å². The molecule has 1 heterocycles. The van der Waals surface area contributed by atoms with Crippen LogP contribution in [-0.4, -0.2) is 49.8 Å². The number of morpholine rings is 1. The van der Waals surface area contributed by atoms with Gasteiger partial charge in [0.2, 0.25) is 0 Å². The Kier molecular flexibility index (Phi) is 5.92. The van der Waals surface area contributed by atoms with Crippen LogP contribution in [0.1, 0.15) is 32.1 Å². The molecule has 1 saturated heterocycles. The van der Waals surface area contributed by atoms with Crippen LogP contribution in [0.2, 0.25) is 0 Å². The van der Waals surface area contributed by atoms with Crippen molar-refractivity contribution >= 4 is 0 Å². The molecule has 0 radical (unpaired) electrons. The number of nitrogens with zero attached hydrogens (tertiary/aromatic N) is 4. The van der Waals surface area contributed by atoms with E-state index in [1.165, 1.54) is 19.3 Å². The lowest BCUT2D eigenvalue weighted by Gasteiger charge is -2.35. The molecule has 1 aliphatic heterocycles. The van der Waals surface area contributed by atoms with Crippen LogP contribution in [0.15, 0.2) is 5.11 Å². The summed E-state index contributed by atoms with van der Waals surface area (Å²) in [6.07, 6.45) is 6.10. The van der Waals surface area contributed by atoms with Gasteiger partial charge in [-0.2, -0.15) is 0 Å². The van der Waals surface area contributed by atoms with Crippen molar-refractivity contribution in [2.24, 2.45) is 16.8 Å². The minimum Gasteiger partial charge on any atom is -0.379 e. The van der Waals surface area contributed by atoms with E-state index in [1.54, 1.807) is 0 Å². The van der Waals surface area contributed by atoms with Crippen molar-refractivity contribution in [2.75, 3.05) is 32.8 Å². The van der Waals surface area contributed by atoms with Crippen molar-refractivity contribution in [2.45, 2.75) is 44.2 Å². The van der Waals surface area contributed by atoms with Crippen LogP contribution in [0.25, 0.3) is 10.4 Å². The summed E-state index contributed by atoms with van der Waals surface area (Å²) in [6, 6.07) is -0.106. The Morgan fingerprint density at radius 1 is 1.26 bits per heavy atom. The molecule has 2 atom stereocenters. The van der Waals surface area contributed by atoms with Crippen molar-refractivity contribution in [1.82, 2.24) is 4.90 Å². The van der Waals surface area contributed by atoms with Gasteiger partial charge in [-0.3, -0.25) is 4.90 Å². The summed E-state index contributed by atoms with van der Waals surface area (Å²) in [7, 11) is 0. The Labute approximate surface area is 114 Å². The molecule has 6 heteroatoms. The summed E-state index contributed by atoms with van der Waals surface area (Å²) in [5, 5.41) is 4.01. The van der Waals surface area contributed by atoms with Gasteiger partial charge < -0.3 is 10.5 Å². The van der Waals surface area contributed by atoms with Crippen LogP contribution in [-0.2, 0) is 4.74 Å². The van der Waals surface area contributed by atoms with Crippen molar-refractivity contribution in [3.63, 3.8) is 0 Å². The second-order valence-corrected chi connectivity index (χ2v) is 5.67. The molecule has 2 rings (SSSR count). The summed E-state index contributed by atoms with van der Waals surface area (Å²) in [6.45, 7) is 4.23. The molecule has 0 bridgehead atoms. The third-order valence-corrected chi connectivity index (χ3v) is 4.33. The maximum Gasteiger partial charge on any atom is 0.0594 e. The molecule has 0 unspecified atom stereocenters. The molecule has 6 nitrogen and oxygen atoms in total. The highest BCUT2D eigenvalue weighted by Gasteiger charge is 2.29. The average molecular weight is 267 g/mol. The molecule has 0 aromatic heterocycles. The third kappa shape index (κ3) is 4.35. The Hall–Kier alpha value is -0.810. The van der Waals surface area contributed by atoms with E-state index in [4.69, 9.17) is 16.0 Å². The predicted octanol–water partition coefficient (Wildman–Crippen LogP) is 1.91. The van der Waals surface area contributed by atoms with Crippen LogP contribution in [0.4, 0.5) is 0 Å². The van der Waals surface area contributed by atoms with E-state index >= 15 is 0 Å². The zero-order valence-corrected chi connectivity index (χ0v) is 11.6. The summed E-state index contributed by atoms with van der Waals surface area (Å²) < 4.78 is 5.34. The van der Waals surface area contributed by atoms with Gasteiger partial charge in [-0.15, -0.1) is 0 Å². The lowest BCUT2D eigenvalue weighted by molar-refractivity contribution is 0.0328. The molecule has 0 aromatic rings. The first kappa shape index (κ1) is 14.6. The van der Waals surface area contributed by atoms with Crippen LogP contribution in [0.5, 0.6) is 0 Å². The van der Waals surface area contributed by atoms with Crippen LogP contribution in [0.3, 0.4) is 0 Å². The monoisotopic (exact) mass is 267 g/mol. The van der Waals surface area contributed by atoms with E-state index in [0.29, 0.717) is 5.92 Å². The zero-order valence-electron chi connectivity index (χ0n) is 11.6. The normalized spacial score (nSPS) is 25.5. The molecular formula is C13H25N5O. The summed E-state index contributed by atoms with van der Waals surface area (Å²) in [5.74, 6) is 0.473. The molecule has 0 spiro atoms. The quantitative estimate of drug-likeness (QED) is 0.469. The van der Waals surface area contributed by atoms with Crippen LogP contribution in [0, 0.1) is 5.92 Å². The van der Waals surface area contributed by atoms with Crippen LogP contribution < -0.4 is 5.73 Å². The fraction of sp³-hybridized carbons (Fsp3) is 1.00. The fourth-order valence-electron chi connectivity index (χ4n) is 3.25. The Bertz CT molecular complexity index is 306. The smallest absolute Gasteiger partial charge is 0.0594 e. The lowest BCUT2D eigenvalue weighted by Crippen LogP contribution is -2.50. The number of azide groups is 1. The molecular weight excluding hydrogens is 242 g/mol. The van der Waals surface area contributed by atoms with Gasteiger partial charge in [0, 0.05) is 30.6 Å². The molecule has 2 N–H and O–H groups in total. The second-order valence-electron chi connectivity index (χ2n) is 5.67. The standard InChI is InChI=1S/C13H25N5O/c14-12(10-18-6-8-19-9-7-18)13(16-17-15)11-4-2-1-3-5-11/h11-13H,1-10,14H2/t12-,13+/m0/s1. The Morgan fingerprint density at radius 3 is 2.58 bits per heavy atom. The van der Waals surface area contributed by atoms with Gasteiger partial charge in [0.15, 0.2) is 0 Å². The number of hydrogen-bond donors (Lipinski definition) is 1. The van der Waals surface area contributed by atoms with E-state index < -0.39 is 0 Å². The summed E-state index contributed by atoms with van der Waals surface area (Å²) >= 11 is 0. The Balaban J connectivity index is 1.90. The number of nitrogens with two attached hydrogens (primary N) is 1. The summed E-state index contributed by atoms with van der Waals surface area (Å²) in [5.41, 5.74) is 15.1. The van der Waals surface area contributed by atoms with Gasteiger partial charge in [0.25, 0.3) is 0 Å². The van der Waals surface area contributed by atoms with E-state index in [1.807, 2.05) is 0 Å². The van der Waals surface area contributed by atoms with E-state index in [2.05, 4.69) is 14.9 Å². The fourth-order valence-corrected chi connectivity index (χ4v) is 3.25. The second kappa shape index (κ2) is 7.70. The Morgan fingerprint density at radius 2 is 1.95 bits per heavy atom. The number of rotatable bonds is 5. The number of ether oxygens (including phenoxy) is 1. The SMILES string of the molecule is [N-]=[N+]=N[C@H](C1CCCCC1)[C@@H](N)CN1CCOCC1. The molecule has 0 amide bonds. The van der Waals surface area contributed by atoms with E-state index in [-0.39, 0.29) is 12.1 Å². The lowest BCUT2D eigenvalue weighted by atomic mass is 9.81. The highest BCUT2D eigenvalue weighted by atomic mass is 16.5. The predicted molar refractivity (Wildman–Crippen MR) is 74.7 cm³/mol. The van der Waals surface area contributed by atoms with E-state index in [0.717, 1.165) is 45.7 Å². The largest absolute Gasteiger partial charge is 0.379 e. The van der Waals surface area contributed by atoms with Crippen molar-refractivity contribution in [1.29, 1.82) is 0 Å². The van der Waals surface area contributed by atoms with Gasteiger partial charge in [-0.1, -0.05) is 24.4 Å². The van der Waals surface area contributed by atoms with Gasteiger partial charge in [0.05, 0.1) is 19.3 Å². The first-order valence-electron chi connectivity index (χ1n) is 7.41. The molecule has 1 saturated carbocycles. The highest BCUT2D eigenvalue weighted by molar-refractivity contribution is 4.89. The van der Waals surface area contributed by atoms with Crippen molar-refractivity contribution in [3.8, 4) is 0 Å². The number of hydrogen-bond acceptors (Lipinski definition) is 4. The highest BCUT2D eigenvalue weighted by Crippen LogP contribution is 2.29.